The van der Waals surface area contributed by atoms with Crippen LogP contribution in [0.25, 0.3) is 0 Å². The number of ether oxygens (including phenoxy) is 2. The van der Waals surface area contributed by atoms with Crippen molar-refractivity contribution in [3.05, 3.63) is 52.5 Å². The van der Waals surface area contributed by atoms with Crippen molar-refractivity contribution in [1.82, 2.24) is 0 Å². The lowest BCUT2D eigenvalue weighted by molar-refractivity contribution is 0.174. The molecule has 0 saturated carbocycles. The van der Waals surface area contributed by atoms with Gasteiger partial charge in [0.1, 0.15) is 0 Å². The molecule has 4 nitrogen and oxygen atoms in total. The maximum Gasteiger partial charge on any atom is 0.231 e. The molecule has 0 aromatic heterocycles. The van der Waals surface area contributed by atoms with Crippen LogP contribution in [0.5, 0.6) is 11.5 Å². The van der Waals surface area contributed by atoms with E-state index in [1.54, 1.807) is 0 Å². The van der Waals surface area contributed by atoms with Crippen LogP contribution in [0, 0.1) is 0 Å². The van der Waals surface area contributed by atoms with E-state index in [9.17, 15) is 5.11 Å². The maximum absolute atomic E-state index is 10.2. The van der Waals surface area contributed by atoms with Crippen molar-refractivity contribution in [3.63, 3.8) is 0 Å². The zero-order chi connectivity index (χ0) is 13.9. The summed E-state index contributed by atoms with van der Waals surface area (Å²) in [4.78, 5) is 0. The number of hydrogen-bond donors (Lipinski definition) is 2. The maximum atomic E-state index is 10.2. The Hall–Kier alpha value is -1.72. The van der Waals surface area contributed by atoms with Crippen LogP contribution in [0.4, 0.5) is 5.69 Å². The van der Waals surface area contributed by atoms with Crippen LogP contribution in [0.3, 0.4) is 0 Å². The van der Waals surface area contributed by atoms with Gasteiger partial charge < -0.3 is 19.9 Å². The number of anilines is 1. The third kappa shape index (κ3) is 2.89. The normalized spacial score (nSPS) is 14.1. The SMILES string of the molecule is OC(CNc1ccc2c(c1)OCO2)c1cccc(Br)c1. The summed E-state index contributed by atoms with van der Waals surface area (Å²) in [6.45, 7) is 0.690. The van der Waals surface area contributed by atoms with Gasteiger partial charge in [-0.2, -0.15) is 0 Å². The summed E-state index contributed by atoms with van der Waals surface area (Å²) in [7, 11) is 0. The van der Waals surface area contributed by atoms with Crippen molar-refractivity contribution >= 4 is 21.6 Å². The average molecular weight is 336 g/mol. The molecule has 1 heterocycles. The van der Waals surface area contributed by atoms with E-state index in [-0.39, 0.29) is 6.79 Å². The van der Waals surface area contributed by atoms with Gasteiger partial charge in [0.25, 0.3) is 0 Å². The Kier molecular flexibility index (Phi) is 3.80. The molecular weight excluding hydrogens is 322 g/mol. The molecular formula is C15H14BrNO3. The first-order valence-corrected chi connectivity index (χ1v) is 7.09. The number of aliphatic hydroxyl groups is 1. The van der Waals surface area contributed by atoms with Gasteiger partial charge in [0.15, 0.2) is 11.5 Å². The molecule has 0 bridgehead atoms. The minimum absolute atomic E-state index is 0.263. The molecule has 0 fully saturated rings. The molecule has 104 valence electrons. The molecule has 1 atom stereocenters. The molecule has 20 heavy (non-hydrogen) atoms. The van der Waals surface area contributed by atoms with Gasteiger partial charge in [-0.25, -0.2) is 0 Å². The van der Waals surface area contributed by atoms with Crippen LogP contribution in [0.2, 0.25) is 0 Å². The topological polar surface area (TPSA) is 50.7 Å². The smallest absolute Gasteiger partial charge is 0.231 e. The zero-order valence-electron chi connectivity index (χ0n) is 10.7. The Balaban J connectivity index is 1.64. The van der Waals surface area contributed by atoms with Crippen LogP contribution < -0.4 is 14.8 Å². The van der Waals surface area contributed by atoms with E-state index in [0.717, 1.165) is 27.2 Å². The number of benzene rings is 2. The van der Waals surface area contributed by atoms with Crippen LogP contribution in [-0.4, -0.2) is 18.4 Å². The Morgan fingerprint density at radius 1 is 1.15 bits per heavy atom. The number of hydrogen-bond acceptors (Lipinski definition) is 4. The molecule has 2 aromatic rings. The summed E-state index contributed by atoms with van der Waals surface area (Å²) in [5.41, 5.74) is 1.76. The van der Waals surface area contributed by atoms with E-state index in [2.05, 4.69) is 21.2 Å². The second kappa shape index (κ2) is 5.73. The van der Waals surface area contributed by atoms with Crippen molar-refractivity contribution in [1.29, 1.82) is 0 Å². The fourth-order valence-electron chi connectivity index (χ4n) is 2.05. The minimum atomic E-state index is -0.571. The Morgan fingerprint density at radius 2 is 2.00 bits per heavy atom. The van der Waals surface area contributed by atoms with Crippen LogP contribution in [0.15, 0.2) is 46.9 Å². The highest BCUT2D eigenvalue weighted by molar-refractivity contribution is 9.10. The highest BCUT2D eigenvalue weighted by Gasteiger charge is 2.14. The fraction of sp³-hybridized carbons (Fsp3) is 0.200. The molecule has 2 aromatic carbocycles. The zero-order valence-corrected chi connectivity index (χ0v) is 12.3. The van der Waals surface area contributed by atoms with Crippen molar-refractivity contribution in [3.8, 4) is 11.5 Å². The van der Waals surface area contributed by atoms with Crippen LogP contribution >= 0.6 is 15.9 Å². The highest BCUT2D eigenvalue weighted by atomic mass is 79.9. The van der Waals surface area contributed by atoms with Gasteiger partial charge in [0, 0.05) is 22.8 Å². The second-order valence-electron chi connectivity index (χ2n) is 4.52. The number of fused-ring (bicyclic) bond motifs is 1. The standard InChI is InChI=1S/C15H14BrNO3/c16-11-3-1-2-10(6-11)13(18)8-17-12-4-5-14-15(7-12)20-9-19-14/h1-7,13,17-18H,8-9H2. The third-order valence-electron chi connectivity index (χ3n) is 3.11. The molecule has 1 aliphatic rings. The summed E-state index contributed by atoms with van der Waals surface area (Å²) in [6, 6.07) is 13.3. The summed E-state index contributed by atoms with van der Waals surface area (Å²) in [5.74, 6) is 1.48. The second-order valence-corrected chi connectivity index (χ2v) is 5.44. The van der Waals surface area contributed by atoms with Gasteiger partial charge in [0.2, 0.25) is 6.79 Å². The number of nitrogens with one attached hydrogen (secondary N) is 1. The first kappa shape index (κ1) is 13.3. The van der Waals surface area contributed by atoms with E-state index in [1.807, 2.05) is 42.5 Å². The van der Waals surface area contributed by atoms with Gasteiger partial charge in [-0.05, 0) is 29.8 Å². The lowest BCUT2D eigenvalue weighted by Crippen LogP contribution is -2.12. The van der Waals surface area contributed by atoms with Crippen LogP contribution in [0.1, 0.15) is 11.7 Å². The summed E-state index contributed by atoms with van der Waals surface area (Å²) >= 11 is 3.40. The van der Waals surface area contributed by atoms with E-state index in [0.29, 0.717) is 6.54 Å². The Morgan fingerprint density at radius 3 is 2.85 bits per heavy atom. The molecule has 0 amide bonds. The quantitative estimate of drug-likeness (QED) is 0.899. The van der Waals surface area contributed by atoms with E-state index >= 15 is 0 Å². The van der Waals surface area contributed by atoms with Crippen molar-refractivity contribution in [2.24, 2.45) is 0 Å². The van der Waals surface area contributed by atoms with Gasteiger partial charge in [0.05, 0.1) is 6.10 Å². The van der Waals surface area contributed by atoms with Crippen molar-refractivity contribution < 1.29 is 14.6 Å². The lowest BCUT2D eigenvalue weighted by Gasteiger charge is -2.13. The van der Waals surface area contributed by atoms with Gasteiger partial charge in [-0.3, -0.25) is 0 Å². The molecule has 0 spiro atoms. The summed E-state index contributed by atoms with van der Waals surface area (Å²) < 4.78 is 11.5. The van der Waals surface area contributed by atoms with Crippen LogP contribution in [-0.2, 0) is 0 Å². The summed E-state index contributed by atoms with van der Waals surface area (Å²) in [6.07, 6.45) is -0.571. The minimum Gasteiger partial charge on any atom is -0.454 e. The Labute approximate surface area is 125 Å². The molecule has 3 rings (SSSR count). The predicted octanol–water partition coefficient (Wildman–Crippen LogP) is 3.32. The molecule has 5 heteroatoms. The lowest BCUT2D eigenvalue weighted by atomic mass is 10.1. The molecule has 0 aliphatic carbocycles. The highest BCUT2D eigenvalue weighted by Crippen LogP contribution is 2.34. The first-order chi connectivity index (χ1) is 9.72. The number of rotatable bonds is 4. The van der Waals surface area contributed by atoms with E-state index < -0.39 is 6.10 Å². The average Bonchev–Trinajstić information content (AvgIpc) is 2.92. The molecule has 2 N–H and O–H groups in total. The monoisotopic (exact) mass is 335 g/mol. The summed E-state index contributed by atoms with van der Waals surface area (Å²) in [5, 5.41) is 13.4. The molecule has 0 saturated heterocycles. The van der Waals surface area contributed by atoms with E-state index in [1.165, 1.54) is 0 Å². The first-order valence-electron chi connectivity index (χ1n) is 6.29. The Bertz CT molecular complexity index is 618. The molecule has 1 aliphatic heterocycles. The third-order valence-corrected chi connectivity index (χ3v) is 3.60. The van der Waals surface area contributed by atoms with Gasteiger partial charge >= 0.3 is 0 Å². The molecule has 1 unspecified atom stereocenters. The predicted molar refractivity (Wildman–Crippen MR) is 80.2 cm³/mol. The van der Waals surface area contributed by atoms with Crippen molar-refractivity contribution in [2.75, 3.05) is 18.7 Å². The molecule has 0 radical (unpaired) electrons. The number of aliphatic hydroxyl groups excluding tert-OH is 1. The van der Waals surface area contributed by atoms with Gasteiger partial charge in [-0.15, -0.1) is 0 Å². The largest absolute Gasteiger partial charge is 0.454 e. The van der Waals surface area contributed by atoms with Crippen molar-refractivity contribution in [2.45, 2.75) is 6.10 Å². The van der Waals surface area contributed by atoms with Gasteiger partial charge in [-0.1, -0.05) is 28.1 Å². The van der Waals surface area contributed by atoms with E-state index in [4.69, 9.17) is 9.47 Å². The number of halogens is 1. The fourth-order valence-corrected chi connectivity index (χ4v) is 2.47.